The number of anilines is 3. The van der Waals surface area contributed by atoms with Gasteiger partial charge in [0, 0.05) is 30.2 Å². The zero-order valence-electron chi connectivity index (χ0n) is 24.7. The second-order valence-electron chi connectivity index (χ2n) is 10.6. The van der Waals surface area contributed by atoms with Gasteiger partial charge >= 0.3 is 6.03 Å². The Balaban J connectivity index is 1.46. The van der Waals surface area contributed by atoms with Crippen LogP contribution in [0.5, 0.6) is 5.75 Å². The molecule has 1 fully saturated rings. The highest BCUT2D eigenvalue weighted by molar-refractivity contribution is 6.05. The molecule has 0 aliphatic carbocycles. The lowest BCUT2D eigenvalue weighted by atomic mass is 10.1. The zero-order chi connectivity index (χ0) is 30.6. The third-order valence-electron chi connectivity index (χ3n) is 7.25. The Hall–Kier alpha value is -4.70. The smallest absolute Gasteiger partial charge is 0.319 e. The van der Waals surface area contributed by atoms with Crippen molar-refractivity contribution in [1.29, 1.82) is 0 Å². The monoisotopic (exact) mass is 585 g/mol. The van der Waals surface area contributed by atoms with Crippen molar-refractivity contribution in [3.05, 3.63) is 84.4 Å². The summed E-state index contributed by atoms with van der Waals surface area (Å²) in [6.07, 6.45) is 3.94. The topological polar surface area (TPSA) is 120 Å². The zero-order valence-corrected chi connectivity index (χ0v) is 24.7. The summed E-state index contributed by atoms with van der Waals surface area (Å²) in [5, 5.41) is 8.58. The maximum absolute atomic E-state index is 13.5. The molecule has 0 saturated carbocycles. The van der Waals surface area contributed by atoms with Gasteiger partial charge < -0.3 is 30.5 Å². The number of nitrogens with one attached hydrogen (secondary N) is 3. The molecule has 0 spiro atoms. The van der Waals surface area contributed by atoms with Crippen LogP contribution in [0, 0.1) is 6.92 Å². The largest absolute Gasteiger partial charge is 0.486 e. The molecule has 3 aromatic rings. The van der Waals surface area contributed by atoms with E-state index in [1.807, 2.05) is 43.3 Å². The maximum atomic E-state index is 13.5. The number of ketones is 1. The molecule has 3 N–H and O–H groups in total. The molecule has 43 heavy (non-hydrogen) atoms. The van der Waals surface area contributed by atoms with E-state index in [2.05, 4.69) is 16.0 Å². The third-order valence-corrected chi connectivity index (χ3v) is 7.25. The first-order valence-corrected chi connectivity index (χ1v) is 14.5. The Morgan fingerprint density at radius 1 is 0.884 bits per heavy atom. The number of ether oxygens (including phenoxy) is 1. The van der Waals surface area contributed by atoms with Crippen LogP contribution >= 0.6 is 0 Å². The van der Waals surface area contributed by atoms with Gasteiger partial charge in [0.15, 0.2) is 5.78 Å². The number of rotatable bonds is 11. The number of Topliss-reactive ketones (excluding diaryl/α,β-unsaturated/α-hetero) is 1. The highest BCUT2D eigenvalue weighted by Gasteiger charge is 2.24. The first kappa shape index (κ1) is 31.2. The molecule has 4 rings (SSSR count). The molecular weight excluding hydrogens is 546 g/mol. The van der Waals surface area contributed by atoms with E-state index in [0.29, 0.717) is 22.8 Å². The summed E-state index contributed by atoms with van der Waals surface area (Å²) < 4.78 is 5.83. The molecule has 0 bridgehead atoms. The van der Waals surface area contributed by atoms with Crippen LogP contribution in [0.4, 0.5) is 21.9 Å². The number of benzene rings is 3. The highest BCUT2D eigenvalue weighted by Crippen LogP contribution is 2.23. The number of hydrogen-bond acceptors (Lipinski definition) is 6. The number of amides is 4. The van der Waals surface area contributed by atoms with Crippen LogP contribution in [0.2, 0.25) is 0 Å². The summed E-state index contributed by atoms with van der Waals surface area (Å²) in [4.78, 5) is 54.8. The fraction of sp³-hybridized carbons (Fsp3) is 0.333. The summed E-state index contributed by atoms with van der Waals surface area (Å²) in [5.74, 6) is -0.454. The molecule has 3 aromatic carbocycles. The van der Waals surface area contributed by atoms with Crippen molar-refractivity contribution in [2.75, 3.05) is 48.4 Å². The first-order valence-electron chi connectivity index (χ1n) is 14.5. The quantitative estimate of drug-likeness (QED) is 0.309. The lowest BCUT2D eigenvalue weighted by Gasteiger charge is -2.26. The van der Waals surface area contributed by atoms with E-state index >= 15 is 0 Å². The first-order chi connectivity index (χ1) is 20.8. The van der Waals surface area contributed by atoms with Gasteiger partial charge in [0.2, 0.25) is 11.8 Å². The Kier molecular flexibility index (Phi) is 11.3. The van der Waals surface area contributed by atoms with Crippen LogP contribution in [-0.4, -0.2) is 63.0 Å². The van der Waals surface area contributed by atoms with Crippen molar-refractivity contribution in [3.8, 4) is 5.75 Å². The van der Waals surface area contributed by atoms with Gasteiger partial charge in [-0.25, -0.2) is 4.79 Å². The Bertz CT molecular complexity index is 1410. The van der Waals surface area contributed by atoms with Gasteiger partial charge in [0.05, 0.1) is 12.6 Å². The maximum Gasteiger partial charge on any atom is 0.319 e. The van der Waals surface area contributed by atoms with Gasteiger partial charge in [0.1, 0.15) is 18.9 Å². The molecule has 226 valence electrons. The van der Waals surface area contributed by atoms with Crippen molar-refractivity contribution in [1.82, 2.24) is 10.6 Å². The molecule has 10 nitrogen and oxygen atoms in total. The van der Waals surface area contributed by atoms with Crippen molar-refractivity contribution < 1.29 is 23.9 Å². The summed E-state index contributed by atoms with van der Waals surface area (Å²) >= 11 is 0. The Morgan fingerprint density at radius 3 is 2.44 bits per heavy atom. The average molecular weight is 586 g/mol. The van der Waals surface area contributed by atoms with Gasteiger partial charge in [-0.05, 0) is 68.3 Å². The average Bonchev–Trinajstić information content (AvgIpc) is 3.31. The van der Waals surface area contributed by atoms with E-state index in [1.54, 1.807) is 49.5 Å². The molecule has 1 saturated heterocycles. The fourth-order valence-corrected chi connectivity index (χ4v) is 4.81. The predicted molar refractivity (Wildman–Crippen MR) is 168 cm³/mol. The number of carbonyl (C=O) groups excluding carboxylic acids is 4. The Morgan fingerprint density at radius 2 is 1.65 bits per heavy atom. The van der Waals surface area contributed by atoms with Crippen molar-refractivity contribution >= 4 is 40.7 Å². The standard InChI is InChI=1S/C33H39N5O5/c1-24-11-9-12-25(19-24)36-33(42)35-21-31(40)38(22-32(41)37(2)26-13-5-3-6-14-26)27-15-10-16-28(20-27)43-23-30(39)29-17-7-4-8-18-34-29/h3,5-6,9-16,19-20,29,34H,4,7-8,17-18,21-23H2,1-2H3,(H2,35,36,42). The van der Waals surface area contributed by atoms with Crippen molar-refractivity contribution in [2.45, 2.75) is 38.6 Å². The second kappa shape index (κ2) is 15.5. The van der Waals surface area contributed by atoms with Gasteiger partial charge in [0.25, 0.3) is 0 Å². The molecule has 10 heteroatoms. The molecule has 1 atom stereocenters. The van der Waals surface area contributed by atoms with Crippen molar-refractivity contribution in [2.24, 2.45) is 0 Å². The Labute approximate surface area is 252 Å². The minimum atomic E-state index is -0.547. The number of likely N-dealkylation sites (N-methyl/N-ethyl adjacent to an activating group) is 1. The van der Waals surface area contributed by atoms with E-state index in [0.717, 1.165) is 37.8 Å². The van der Waals surface area contributed by atoms with Crippen LogP contribution < -0.4 is 30.5 Å². The van der Waals surface area contributed by atoms with Gasteiger partial charge in [-0.2, -0.15) is 0 Å². The fourth-order valence-electron chi connectivity index (χ4n) is 4.81. The lowest BCUT2D eigenvalue weighted by Crippen LogP contribution is -2.46. The van der Waals surface area contributed by atoms with E-state index in [-0.39, 0.29) is 37.4 Å². The van der Waals surface area contributed by atoms with E-state index in [1.165, 1.54) is 9.80 Å². The van der Waals surface area contributed by atoms with E-state index < -0.39 is 11.9 Å². The molecular formula is C33H39N5O5. The van der Waals surface area contributed by atoms with Gasteiger partial charge in [-0.1, -0.05) is 49.2 Å². The van der Waals surface area contributed by atoms with Crippen LogP contribution in [0.3, 0.4) is 0 Å². The van der Waals surface area contributed by atoms with Crippen LogP contribution in [0.15, 0.2) is 78.9 Å². The summed E-state index contributed by atoms with van der Waals surface area (Å²) in [7, 11) is 1.64. The molecule has 1 aliphatic heterocycles. The molecule has 0 aromatic heterocycles. The number of para-hydroxylation sites is 1. The summed E-state index contributed by atoms with van der Waals surface area (Å²) in [5.41, 5.74) is 2.66. The summed E-state index contributed by atoms with van der Waals surface area (Å²) in [6.45, 7) is 1.99. The minimum Gasteiger partial charge on any atom is -0.486 e. The van der Waals surface area contributed by atoms with Crippen LogP contribution in [-0.2, 0) is 14.4 Å². The molecule has 4 amide bonds. The molecule has 1 heterocycles. The third kappa shape index (κ3) is 9.40. The minimum absolute atomic E-state index is 0.0243. The van der Waals surface area contributed by atoms with Crippen LogP contribution in [0.25, 0.3) is 0 Å². The van der Waals surface area contributed by atoms with E-state index in [4.69, 9.17) is 4.74 Å². The van der Waals surface area contributed by atoms with Gasteiger partial charge in [-0.3, -0.25) is 14.4 Å². The summed E-state index contributed by atoms with van der Waals surface area (Å²) in [6, 6.07) is 22.3. The molecule has 1 aliphatic rings. The number of aryl methyl sites for hydroxylation is 1. The molecule has 1 unspecified atom stereocenters. The number of carbonyl (C=O) groups is 4. The van der Waals surface area contributed by atoms with E-state index in [9.17, 15) is 19.2 Å². The lowest BCUT2D eigenvalue weighted by molar-refractivity contribution is -0.123. The molecule has 0 radical (unpaired) electrons. The van der Waals surface area contributed by atoms with Gasteiger partial charge in [-0.15, -0.1) is 0 Å². The number of hydrogen-bond donors (Lipinski definition) is 3. The SMILES string of the molecule is Cc1cccc(NC(=O)NCC(=O)N(CC(=O)N(C)c2ccccc2)c2cccc(OCC(=O)C3CCCCCN3)c2)c1. The highest BCUT2D eigenvalue weighted by atomic mass is 16.5. The normalized spacial score (nSPS) is 14.6. The second-order valence-corrected chi connectivity index (χ2v) is 10.6. The van der Waals surface area contributed by atoms with Crippen molar-refractivity contribution in [3.63, 3.8) is 0 Å². The number of urea groups is 1. The predicted octanol–water partition coefficient (Wildman–Crippen LogP) is 4.29. The van der Waals surface area contributed by atoms with Crippen LogP contribution in [0.1, 0.15) is 31.2 Å². The number of nitrogens with zero attached hydrogens (tertiary/aromatic N) is 2.